The standard InChI is InChI=1S/C21H24BrN3O3S/c1-12(2)23-19(26)14-6-5-7-16(10-14)24-21(29)25-20(27)17-11-15(22)8-9-18(17)28-13(3)4/h5-13H,1-4H3,(H,23,26)(H2,24,25,27,29). The van der Waals surface area contributed by atoms with Gasteiger partial charge in [-0.25, -0.2) is 0 Å². The van der Waals surface area contributed by atoms with Crippen LogP contribution < -0.4 is 20.7 Å². The van der Waals surface area contributed by atoms with Crippen molar-refractivity contribution < 1.29 is 14.3 Å². The molecule has 0 unspecified atom stereocenters. The van der Waals surface area contributed by atoms with E-state index in [4.69, 9.17) is 17.0 Å². The number of nitrogens with one attached hydrogen (secondary N) is 3. The Morgan fingerprint density at radius 2 is 1.76 bits per heavy atom. The quantitative estimate of drug-likeness (QED) is 0.533. The van der Waals surface area contributed by atoms with Crippen LogP contribution in [0.1, 0.15) is 48.4 Å². The van der Waals surface area contributed by atoms with E-state index < -0.39 is 5.91 Å². The average Bonchev–Trinajstić information content (AvgIpc) is 2.62. The number of amides is 2. The lowest BCUT2D eigenvalue weighted by molar-refractivity contribution is 0.0940. The predicted molar refractivity (Wildman–Crippen MR) is 123 cm³/mol. The summed E-state index contributed by atoms with van der Waals surface area (Å²) >= 11 is 8.63. The smallest absolute Gasteiger partial charge is 0.261 e. The van der Waals surface area contributed by atoms with Gasteiger partial charge in [-0.05, 0) is 76.3 Å². The summed E-state index contributed by atoms with van der Waals surface area (Å²) in [6.07, 6.45) is -0.0764. The molecule has 2 rings (SSSR count). The molecule has 0 heterocycles. The highest BCUT2D eigenvalue weighted by atomic mass is 79.9. The van der Waals surface area contributed by atoms with Gasteiger partial charge in [-0.1, -0.05) is 22.0 Å². The van der Waals surface area contributed by atoms with Gasteiger partial charge < -0.3 is 15.4 Å². The molecular formula is C21H24BrN3O3S. The van der Waals surface area contributed by atoms with Gasteiger partial charge in [0.25, 0.3) is 11.8 Å². The highest BCUT2D eigenvalue weighted by Gasteiger charge is 2.16. The fraction of sp³-hybridized carbons (Fsp3) is 0.286. The molecule has 0 aromatic heterocycles. The maximum Gasteiger partial charge on any atom is 0.261 e. The van der Waals surface area contributed by atoms with E-state index in [2.05, 4.69) is 31.9 Å². The third kappa shape index (κ3) is 7.14. The van der Waals surface area contributed by atoms with E-state index in [1.54, 1.807) is 42.5 Å². The molecule has 29 heavy (non-hydrogen) atoms. The van der Waals surface area contributed by atoms with Crippen molar-refractivity contribution >= 4 is 50.8 Å². The molecule has 0 atom stereocenters. The zero-order chi connectivity index (χ0) is 21.6. The van der Waals surface area contributed by atoms with Gasteiger partial charge in [-0.2, -0.15) is 0 Å². The highest BCUT2D eigenvalue weighted by Crippen LogP contribution is 2.24. The first-order chi connectivity index (χ1) is 13.7. The van der Waals surface area contributed by atoms with E-state index in [1.165, 1.54) is 0 Å². The molecule has 0 bridgehead atoms. The molecule has 2 aromatic rings. The third-order valence-electron chi connectivity index (χ3n) is 3.58. The number of hydrogen-bond donors (Lipinski definition) is 3. The van der Waals surface area contributed by atoms with Gasteiger partial charge in [0.1, 0.15) is 5.75 Å². The van der Waals surface area contributed by atoms with Crippen LogP contribution >= 0.6 is 28.1 Å². The zero-order valence-corrected chi connectivity index (χ0v) is 19.1. The van der Waals surface area contributed by atoms with E-state index in [1.807, 2.05) is 27.7 Å². The minimum Gasteiger partial charge on any atom is -0.490 e. The van der Waals surface area contributed by atoms with Crippen molar-refractivity contribution in [3.8, 4) is 5.75 Å². The number of halogens is 1. The summed E-state index contributed by atoms with van der Waals surface area (Å²) in [4.78, 5) is 24.8. The maximum atomic E-state index is 12.7. The van der Waals surface area contributed by atoms with E-state index in [9.17, 15) is 9.59 Å². The number of thiocarbonyl (C=S) groups is 1. The van der Waals surface area contributed by atoms with Crippen molar-refractivity contribution in [2.75, 3.05) is 5.32 Å². The summed E-state index contributed by atoms with van der Waals surface area (Å²) in [7, 11) is 0. The van der Waals surface area contributed by atoms with Gasteiger partial charge in [0.05, 0.1) is 11.7 Å². The molecule has 0 fully saturated rings. The molecule has 0 aliphatic carbocycles. The maximum absolute atomic E-state index is 12.7. The summed E-state index contributed by atoms with van der Waals surface area (Å²) in [5.41, 5.74) is 1.46. The molecule has 154 valence electrons. The molecule has 8 heteroatoms. The topological polar surface area (TPSA) is 79.5 Å². The number of ether oxygens (including phenoxy) is 1. The summed E-state index contributed by atoms with van der Waals surface area (Å²) < 4.78 is 6.46. The summed E-state index contributed by atoms with van der Waals surface area (Å²) in [5, 5.41) is 8.53. The lowest BCUT2D eigenvalue weighted by Crippen LogP contribution is -2.34. The Hall–Kier alpha value is -2.45. The number of carbonyl (C=O) groups is 2. The normalized spacial score (nSPS) is 10.6. The van der Waals surface area contributed by atoms with Crippen molar-refractivity contribution in [3.63, 3.8) is 0 Å². The predicted octanol–water partition coefficient (Wildman–Crippen LogP) is 4.50. The Labute approximate surface area is 184 Å². The summed E-state index contributed by atoms with van der Waals surface area (Å²) in [6.45, 7) is 7.56. The molecule has 0 saturated carbocycles. The van der Waals surface area contributed by atoms with E-state index in [-0.39, 0.29) is 23.2 Å². The molecule has 2 amide bonds. The van der Waals surface area contributed by atoms with E-state index in [0.717, 1.165) is 4.47 Å². The lowest BCUT2D eigenvalue weighted by atomic mass is 10.1. The van der Waals surface area contributed by atoms with Crippen LogP contribution in [0.5, 0.6) is 5.75 Å². The minimum atomic E-state index is -0.395. The molecular weight excluding hydrogens is 454 g/mol. The molecule has 0 radical (unpaired) electrons. The molecule has 0 aliphatic heterocycles. The molecule has 3 N–H and O–H groups in total. The minimum absolute atomic E-state index is 0.0342. The number of anilines is 1. The van der Waals surface area contributed by atoms with E-state index in [0.29, 0.717) is 22.6 Å². The van der Waals surface area contributed by atoms with Crippen LogP contribution in [0.4, 0.5) is 5.69 Å². The first-order valence-electron chi connectivity index (χ1n) is 9.15. The van der Waals surface area contributed by atoms with Crippen LogP contribution in [0.25, 0.3) is 0 Å². The molecule has 2 aromatic carbocycles. The number of carbonyl (C=O) groups excluding carboxylic acids is 2. The first kappa shape index (κ1) is 22.8. The largest absolute Gasteiger partial charge is 0.490 e. The zero-order valence-electron chi connectivity index (χ0n) is 16.7. The highest BCUT2D eigenvalue weighted by molar-refractivity contribution is 9.10. The summed E-state index contributed by atoms with van der Waals surface area (Å²) in [6, 6.07) is 12.1. The van der Waals surface area contributed by atoms with Crippen molar-refractivity contribution in [1.82, 2.24) is 10.6 Å². The number of benzene rings is 2. The van der Waals surface area contributed by atoms with E-state index >= 15 is 0 Å². The van der Waals surface area contributed by atoms with Crippen LogP contribution in [0.3, 0.4) is 0 Å². The first-order valence-corrected chi connectivity index (χ1v) is 10.3. The fourth-order valence-corrected chi connectivity index (χ4v) is 3.02. The Morgan fingerprint density at radius 1 is 1.03 bits per heavy atom. The van der Waals surface area contributed by atoms with Crippen molar-refractivity contribution in [3.05, 3.63) is 58.1 Å². The Kier molecular flexibility index (Phi) is 8.16. The van der Waals surface area contributed by atoms with Crippen LogP contribution in [0, 0.1) is 0 Å². The van der Waals surface area contributed by atoms with Gasteiger partial charge >= 0.3 is 0 Å². The van der Waals surface area contributed by atoms with Crippen molar-refractivity contribution in [2.24, 2.45) is 0 Å². The second-order valence-corrected chi connectivity index (χ2v) is 8.25. The van der Waals surface area contributed by atoms with Gasteiger partial charge in [0, 0.05) is 21.8 Å². The van der Waals surface area contributed by atoms with Crippen LogP contribution in [-0.4, -0.2) is 29.1 Å². The second-order valence-electron chi connectivity index (χ2n) is 6.92. The molecule has 0 spiro atoms. The molecule has 0 saturated heterocycles. The monoisotopic (exact) mass is 477 g/mol. The Morgan fingerprint density at radius 3 is 2.41 bits per heavy atom. The van der Waals surface area contributed by atoms with Crippen LogP contribution in [0.15, 0.2) is 46.9 Å². The fourth-order valence-electron chi connectivity index (χ4n) is 2.45. The third-order valence-corrected chi connectivity index (χ3v) is 4.28. The Balaban J connectivity index is 2.09. The van der Waals surface area contributed by atoms with Crippen LogP contribution in [-0.2, 0) is 0 Å². The van der Waals surface area contributed by atoms with Gasteiger partial charge in [0.15, 0.2) is 5.11 Å². The number of hydrogen-bond acceptors (Lipinski definition) is 4. The van der Waals surface area contributed by atoms with Crippen molar-refractivity contribution in [1.29, 1.82) is 0 Å². The van der Waals surface area contributed by atoms with Crippen LogP contribution in [0.2, 0.25) is 0 Å². The lowest BCUT2D eigenvalue weighted by Gasteiger charge is -2.15. The average molecular weight is 478 g/mol. The van der Waals surface area contributed by atoms with Crippen molar-refractivity contribution in [2.45, 2.75) is 39.8 Å². The SMILES string of the molecule is CC(C)NC(=O)c1cccc(NC(=S)NC(=O)c2cc(Br)ccc2OC(C)C)c1. The van der Waals surface area contributed by atoms with Gasteiger partial charge in [-0.3, -0.25) is 14.9 Å². The molecule has 6 nitrogen and oxygen atoms in total. The van der Waals surface area contributed by atoms with Gasteiger partial charge in [0.2, 0.25) is 0 Å². The molecule has 0 aliphatic rings. The second kappa shape index (κ2) is 10.4. The number of rotatable bonds is 6. The Bertz CT molecular complexity index is 916. The summed E-state index contributed by atoms with van der Waals surface area (Å²) in [5.74, 6) is -0.104. The van der Waals surface area contributed by atoms with Gasteiger partial charge in [-0.15, -0.1) is 0 Å².